The molecule has 0 bridgehead atoms. The van der Waals surface area contributed by atoms with Gasteiger partial charge in [0.15, 0.2) is 0 Å². The minimum absolute atomic E-state index is 0.0933. The zero-order valence-electron chi connectivity index (χ0n) is 9.91. The Balaban J connectivity index is 2.60. The Labute approximate surface area is 111 Å². The summed E-state index contributed by atoms with van der Waals surface area (Å²) in [5.74, 6) is 5.00. The Morgan fingerprint density at radius 2 is 2.11 bits per heavy atom. The van der Waals surface area contributed by atoms with E-state index in [0.29, 0.717) is 13.0 Å². The van der Waals surface area contributed by atoms with E-state index >= 15 is 0 Å². The summed E-state index contributed by atoms with van der Waals surface area (Å²) in [5.41, 5.74) is 1.49. The smallest absolute Gasteiger partial charge is 0.332 e. The first-order chi connectivity index (χ1) is 8.95. The van der Waals surface area contributed by atoms with Gasteiger partial charge in [0.1, 0.15) is 11.0 Å². The molecule has 4 N–H and O–H groups in total. The van der Waals surface area contributed by atoms with E-state index < -0.39 is 22.7 Å². The van der Waals surface area contributed by atoms with Crippen molar-refractivity contribution in [3.63, 3.8) is 0 Å². The molecule has 0 spiro atoms. The Morgan fingerprint density at radius 1 is 1.37 bits per heavy atom. The van der Waals surface area contributed by atoms with Crippen LogP contribution in [0.25, 0.3) is 0 Å². The first kappa shape index (κ1) is 15.7. The zero-order chi connectivity index (χ0) is 14.3. The van der Waals surface area contributed by atoms with E-state index in [0.717, 1.165) is 12.1 Å². The van der Waals surface area contributed by atoms with Gasteiger partial charge in [-0.1, -0.05) is 12.1 Å². The summed E-state index contributed by atoms with van der Waals surface area (Å²) in [7, 11) is -1.67. The molecule has 0 heterocycles. The second-order valence-corrected chi connectivity index (χ2v) is 4.84. The van der Waals surface area contributed by atoms with Gasteiger partial charge in [-0.2, -0.15) is 13.2 Å². The van der Waals surface area contributed by atoms with Gasteiger partial charge in [-0.25, -0.2) is 8.93 Å². The number of rotatable bonds is 6. The Morgan fingerprint density at radius 3 is 2.74 bits per heavy atom. The molecule has 4 nitrogen and oxygen atoms in total. The highest BCUT2D eigenvalue weighted by molar-refractivity contribution is 7.83. The first-order valence-corrected chi connectivity index (χ1v) is 6.54. The van der Waals surface area contributed by atoms with E-state index in [1.54, 1.807) is 6.08 Å². The van der Waals surface area contributed by atoms with E-state index in [9.17, 15) is 17.4 Å². The average Bonchev–Trinajstić information content (AvgIpc) is 2.37. The van der Waals surface area contributed by atoms with Crippen LogP contribution in [0.5, 0.6) is 0 Å². The second-order valence-electron chi connectivity index (χ2n) is 3.55. The van der Waals surface area contributed by atoms with Gasteiger partial charge in [-0.3, -0.25) is 5.84 Å². The zero-order valence-corrected chi connectivity index (χ0v) is 10.7. The topological polar surface area (TPSA) is 67.2 Å². The molecule has 0 aromatic heterocycles. The summed E-state index contributed by atoms with van der Waals surface area (Å²) in [6.07, 6.45) is -0.671. The molecule has 1 aromatic carbocycles. The maximum absolute atomic E-state index is 12.5. The van der Waals surface area contributed by atoms with Crippen molar-refractivity contribution in [3.8, 4) is 0 Å². The van der Waals surface area contributed by atoms with Gasteiger partial charge < -0.3 is 5.43 Å². The van der Waals surface area contributed by atoms with Crippen LogP contribution < -0.4 is 16.0 Å². The van der Waals surface area contributed by atoms with Crippen molar-refractivity contribution in [3.05, 3.63) is 42.1 Å². The van der Waals surface area contributed by atoms with Gasteiger partial charge in [0.25, 0.3) is 0 Å². The van der Waals surface area contributed by atoms with Gasteiger partial charge >= 0.3 is 6.18 Å². The third-order valence-corrected chi connectivity index (χ3v) is 3.28. The molecule has 1 rings (SSSR count). The molecular formula is C11H14F3N3OS. The second kappa shape index (κ2) is 7.27. The van der Waals surface area contributed by atoms with Crippen LogP contribution in [0, 0.1) is 0 Å². The SMILES string of the molecule is NN/C=C/CCNS(=O)c1cccc(C(F)(F)F)c1. The number of benzene rings is 1. The van der Waals surface area contributed by atoms with Crippen molar-refractivity contribution in [1.29, 1.82) is 0 Å². The highest BCUT2D eigenvalue weighted by Gasteiger charge is 2.30. The van der Waals surface area contributed by atoms with Gasteiger partial charge in [0.2, 0.25) is 0 Å². The third-order valence-electron chi connectivity index (χ3n) is 2.13. The van der Waals surface area contributed by atoms with E-state index in [1.807, 2.05) is 0 Å². The molecule has 1 unspecified atom stereocenters. The monoisotopic (exact) mass is 293 g/mol. The number of hydrogen-bond acceptors (Lipinski definition) is 3. The first-order valence-electron chi connectivity index (χ1n) is 5.39. The molecule has 0 saturated carbocycles. The van der Waals surface area contributed by atoms with E-state index in [4.69, 9.17) is 5.84 Å². The lowest BCUT2D eigenvalue weighted by Gasteiger charge is -2.08. The summed E-state index contributed by atoms with van der Waals surface area (Å²) < 4.78 is 51.8. The van der Waals surface area contributed by atoms with Crippen molar-refractivity contribution in [1.82, 2.24) is 10.1 Å². The van der Waals surface area contributed by atoms with Crippen LogP contribution in [0.4, 0.5) is 13.2 Å². The van der Waals surface area contributed by atoms with Crippen LogP contribution in [0.15, 0.2) is 41.4 Å². The molecule has 1 atom stereocenters. The van der Waals surface area contributed by atoms with Crippen molar-refractivity contribution in [2.45, 2.75) is 17.5 Å². The van der Waals surface area contributed by atoms with E-state index in [-0.39, 0.29) is 4.90 Å². The van der Waals surface area contributed by atoms with Crippen LogP contribution in [0.1, 0.15) is 12.0 Å². The van der Waals surface area contributed by atoms with Gasteiger partial charge in [0.05, 0.1) is 10.5 Å². The molecule has 0 amide bonds. The normalized spacial score (nSPS) is 13.7. The quantitative estimate of drug-likeness (QED) is 0.425. The van der Waals surface area contributed by atoms with Crippen molar-refractivity contribution >= 4 is 11.0 Å². The summed E-state index contributed by atoms with van der Waals surface area (Å²) in [6, 6.07) is 4.43. The number of hydrogen-bond donors (Lipinski definition) is 3. The standard InChI is InChI=1S/C11H14F3N3OS/c12-11(13,14)9-4-3-5-10(8-9)19(18)17-7-2-1-6-16-15/h1,3-6,8,16-17H,2,7,15H2/b6-1+. The van der Waals surface area contributed by atoms with Crippen LogP contribution in [-0.4, -0.2) is 10.8 Å². The molecule has 1 aromatic rings. The summed E-state index contributed by atoms with van der Waals surface area (Å²) in [6.45, 7) is 0.362. The molecule has 8 heteroatoms. The molecular weight excluding hydrogens is 279 g/mol. The number of hydrazine groups is 1. The highest BCUT2D eigenvalue weighted by atomic mass is 32.2. The average molecular weight is 293 g/mol. The molecule has 0 aliphatic rings. The van der Waals surface area contributed by atoms with Crippen LogP contribution in [-0.2, 0) is 17.2 Å². The number of halogens is 3. The minimum atomic E-state index is -4.43. The predicted octanol–water partition coefficient (Wildman–Crippen LogP) is 1.68. The highest BCUT2D eigenvalue weighted by Crippen LogP contribution is 2.29. The lowest BCUT2D eigenvalue weighted by molar-refractivity contribution is -0.137. The van der Waals surface area contributed by atoms with Gasteiger partial charge in [0, 0.05) is 12.7 Å². The van der Waals surface area contributed by atoms with Crippen LogP contribution in [0.3, 0.4) is 0 Å². The van der Waals surface area contributed by atoms with Crippen LogP contribution in [0.2, 0.25) is 0 Å². The molecule has 106 valence electrons. The Hall–Kier alpha value is -1.38. The summed E-state index contributed by atoms with van der Waals surface area (Å²) in [4.78, 5) is 0.0933. The fourth-order valence-corrected chi connectivity index (χ4v) is 2.16. The maximum Gasteiger partial charge on any atom is 0.416 e. The number of nitrogens with two attached hydrogens (primary N) is 1. The van der Waals surface area contributed by atoms with Crippen molar-refractivity contribution in [2.75, 3.05) is 6.54 Å². The molecule has 0 aliphatic carbocycles. The maximum atomic E-state index is 12.5. The molecule has 0 aliphatic heterocycles. The fourth-order valence-electron chi connectivity index (χ4n) is 1.26. The van der Waals surface area contributed by atoms with Gasteiger partial charge in [-0.15, -0.1) is 0 Å². The summed E-state index contributed by atoms with van der Waals surface area (Å²) in [5, 5.41) is 0. The van der Waals surface area contributed by atoms with Crippen molar-refractivity contribution < 1.29 is 17.4 Å². The van der Waals surface area contributed by atoms with Crippen molar-refractivity contribution in [2.24, 2.45) is 5.84 Å². The largest absolute Gasteiger partial charge is 0.416 e. The Bertz CT molecular complexity index is 463. The lowest BCUT2D eigenvalue weighted by Crippen LogP contribution is -2.19. The lowest BCUT2D eigenvalue weighted by atomic mass is 10.2. The van der Waals surface area contributed by atoms with Crippen LogP contribution >= 0.6 is 0 Å². The summed E-state index contributed by atoms with van der Waals surface area (Å²) >= 11 is 0. The molecule has 19 heavy (non-hydrogen) atoms. The van der Waals surface area contributed by atoms with E-state index in [2.05, 4.69) is 10.1 Å². The number of alkyl halides is 3. The number of nitrogens with one attached hydrogen (secondary N) is 2. The fraction of sp³-hybridized carbons (Fsp3) is 0.273. The third kappa shape index (κ3) is 5.41. The molecule has 0 fully saturated rings. The predicted molar refractivity (Wildman–Crippen MR) is 66.9 cm³/mol. The minimum Gasteiger partial charge on any atom is -0.332 e. The Kier molecular flexibility index (Phi) is 6.00. The van der Waals surface area contributed by atoms with Gasteiger partial charge in [-0.05, 0) is 24.6 Å². The molecule has 0 radical (unpaired) electrons. The molecule has 0 saturated heterocycles. The van der Waals surface area contributed by atoms with E-state index in [1.165, 1.54) is 18.3 Å².